The van der Waals surface area contributed by atoms with E-state index < -0.39 is 0 Å². The lowest BCUT2D eigenvalue weighted by Gasteiger charge is -2.06. The Kier molecular flexibility index (Phi) is 4.82. The highest BCUT2D eigenvalue weighted by atomic mass is 32.2. The van der Waals surface area contributed by atoms with Gasteiger partial charge in [-0.05, 0) is 35.2 Å². The number of nitrogens with one attached hydrogen (secondary N) is 1. The van der Waals surface area contributed by atoms with Crippen LogP contribution in [0.1, 0.15) is 5.56 Å². The normalized spacial score (nSPS) is 12.4. The van der Waals surface area contributed by atoms with Crippen molar-refractivity contribution in [3.63, 3.8) is 0 Å². The number of carbonyl (C=O) groups is 1. The van der Waals surface area contributed by atoms with Crippen LogP contribution in [0, 0.1) is 0 Å². The molecule has 0 saturated heterocycles. The van der Waals surface area contributed by atoms with Gasteiger partial charge in [0.2, 0.25) is 12.7 Å². The quantitative estimate of drug-likeness (QED) is 0.477. The van der Waals surface area contributed by atoms with Crippen molar-refractivity contribution in [2.45, 2.75) is 11.6 Å². The van der Waals surface area contributed by atoms with Crippen LogP contribution in [-0.2, 0) is 11.3 Å². The van der Waals surface area contributed by atoms with E-state index in [2.05, 4.69) is 15.4 Å². The van der Waals surface area contributed by atoms with Gasteiger partial charge in [0, 0.05) is 18.9 Å². The molecular weight excluding hydrogens is 408 g/mol. The predicted octanol–water partition coefficient (Wildman–Crippen LogP) is 3.60. The van der Waals surface area contributed by atoms with Gasteiger partial charge < -0.3 is 14.8 Å². The number of nitrogens with zero attached hydrogens (tertiary/aromatic N) is 3. The summed E-state index contributed by atoms with van der Waals surface area (Å²) in [5.74, 6) is 1.66. The predicted molar refractivity (Wildman–Crippen MR) is 111 cm³/mol. The lowest BCUT2D eigenvalue weighted by atomic mass is 10.2. The molecular formula is C20H16N4O3S2. The number of benzene rings is 1. The molecule has 0 bridgehead atoms. The van der Waals surface area contributed by atoms with Crippen molar-refractivity contribution in [2.75, 3.05) is 12.5 Å². The summed E-state index contributed by atoms with van der Waals surface area (Å²) in [6.07, 6.45) is 3.52. The highest BCUT2D eigenvalue weighted by molar-refractivity contribution is 8.00. The van der Waals surface area contributed by atoms with Crippen molar-refractivity contribution in [1.29, 1.82) is 0 Å². The van der Waals surface area contributed by atoms with E-state index in [1.807, 2.05) is 48.0 Å². The third-order valence-electron chi connectivity index (χ3n) is 4.39. The number of ether oxygens (including phenoxy) is 2. The summed E-state index contributed by atoms with van der Waals surface area (Å²) in [4.78, 5) is 17.8. The van der Waals surface area contributed by atoms with E-state index in [1.54, 1.807) is 22.0 Å². The number of hydrogen-bond donors (Lipinski definition) is 1. The molecule has 5 rings (SSSR count). The Labute approximate surface area is 174 Å². The number of thiophene rings is 1. The number of fused-ring (bicyclic) bond motifs is 2. The van der Waals surface area contributed by atoms with Gasteiger partial charge in [0.15, 0.2) is 11.5 Å². The summed E-state index contributed by atoms with van der Waals surface area (Å²) in [6, 6.07) is 11.7. The fourth-order valence-electron chi connectivity index (χ4n) is 2.99. The fraction of sp³-hybridized carbons (Fsp3) is 0.150. The SMILES string of the molecule is O=C(CSc1nccn2nc(-c3cccs3)cc12)NCc1ccc2c(c1)OCO2. The highest BCUT2D eigenvalue weighted by Gasteiger charge is 2.14. The molecule has 7 nitrogen and oxygen atoms in total. The van der Waals surface area contributed by atoms with E-state index in [0.717, 1.165) is 32.4 Å². The summed E-state index contributed by atoms with van der Waals surface area (Å²) in [6.45, 7) is 0.673. The molecule has 0 spiro atoms. The van der Waals surface area contributed by atoms with Crippen LogP contribution < -0.4 is 14.8 Å². The minimum Gasteiger partial charge on any atom is -0.454 e. The van der Waals surface area contributed by atoms with Crippen molar-refractivity contribution in [2.24, 2.45) is 0 Å². The van der Waals surface area contributed by atoms with Gasteiger partial charge in [-0.25, -0.2) is 9.50 Å². The third-order valence-corrected chi connectivity index (χ3v) is 6.28. The molecule has 146 valence electrons. The zero-order valence-electron chi connectivity index (χ0n) is 15.2. The van der Waals surface area contributed by atoms with Crippen molar-refractivity contribution in [3.8, 4) is 22.1 Å². The van der Waals surface area contributed by atoms with E-state index in [9.17, 15) is 4.79 Å². The molecule has 1 N–H and O–H groups in total. The molecule has 1 aliphatic rings. The number of thioether (sulfide) groups is 1. The minimum absolute atomic E-state index is 0.0607. The van der Waals surface area contributed by atoms with E-state index in [-0.39, 0.29) is 18.5 Å². The first-order valence-corrected chi connectivity index (χ1v) is 10.8. The van der Waals surface area contributed by atoms with Crippen LogP contribution in [0.3, 0.4) is 0 Å². The van der Waals surface area contributed by atoms with Crippen molar-refractivity contribution in [1.82, 2.24) is 19.9 Å². The van der Waals surface area contributed by atoms with Gasteiger partial charge in [0.25, 0.3) is 0 Å². The molecule has 1 aliphatic heterocycles. The van der Waals surface area contributed by atoms with Gasteiger partial charge in [0.05, 0.1) is 16.1 Å². The maximum absolute atomic E-state index is 12.3. The lowest BCUT2D eigenvalue weighted by molar-refractivity contribution is -0.118. The van der Waals surface area contributed by atoms with Crippen LogP contribution in [0.2, 0.25) is 0 Å². The van der Waals surface area contributed by atoms with Crippen LogP contribution in [0.15, 0.2) is 59.2 Å². The molecule has 1 amide bonds. The Morgan fingerprint density at radius 3 is 3.07 bits per heavy atom. The first-order chi connectivity index (χ1) is 14.3. The number of carbonyl (C=O) groups excluding carboxylic acids is 1. The Bertz CT molecular complexity index is 1170. The topological polar surface area (TPSA) is 77.8 Å². The van der Waals surface area contributed by atoms with Crippen LogP contribution in [0.4, 0.5) is 0 Å². The summed E-state index contributed by atoms with van der Waals surface area (Å²) >= 11 is 3.04. The highest BCUT2D eigenvalue weighted by Crippen LogP contribution is 2.32. The number of aromatic nitrogens is 3. The Hall–Kier alpha value is -3.04. The second-order valence-corrected chi connectivity index (χ2v) is 8.23. The molecule has 29 heavy (non-hydrogen) atoms. The molecule has 1 aromatic carbocycles. The van der Waals surface area contributed by atoms with Gasteiger partial charge in [0.1, 0.15) is 10.7 Å². The van der Waals surface area contributed by atoms with E-state index in [4.69, 9.17) is 9.47 Å². The lowest BCUT2D eigenvalue weighted by Crippen LogP contribution is -2.24. The molecule has 0 atom stereocenters. The largest absolute Gasteiger partial charge is 0.454 e. The van der Waals surface area contributed by atoms with Crippen molar-refractivity contribution >= 4 is 34.5 Å². The number of amides is 1. The fourth-order valence-corrected chi connectivity index (χ4v) is 4.48. The summed E-state index contributed by atoms with van der Waals surface area (Å²) in [7, 11) is 0. The van der Waals surface area contributed by atoms with Crippen LogP contribution in [-0.4, -0.2) is 33.1 Å². The smallest absolute Gasteiger partial charge is 0.231 e. The monoisotopic (exact) mass is 424 g/mol. The first kappa shape index (κ1) is 18.0. The Morgan fingerprint density at radius 1 is 1.24 bits per heavy atom. The summed E-state index contributed by atoms with van der Waals surface area (Å²) in [5, 5.41) is 10.3. The molecule has 0 fully saturated rings. The van der Waals surface area contributed by atoms with Crippen LogP contribution >= 0.6 is 23.1 Å². The van der Waals surface area contributed by atoms with Gasteiger partial charge in [-0.1, -0.05) is 23.9 Å². The molecule has 0 unspecified atom stereocenters. The average Bonchev–Trinajstić information content (AvgIpc) is 3.49. The van der Waals surface area contributed by atoms with Gasteiger partial charge in [-0.2, -0.15) is 5.10 Å². The zero-order chi connectivity index (χ0) is 19.6. The van der Waals surface area contributed by atoms with Gasteiger partial charge in [-0.15, -0.1) is 11.3 Å². The van der Waals surface area contributed by atoms with E-state index >= 15 is 0 Å². The summed E-state index contributed by atoms with van der Waals surface area (Å²) < 4.78 is 12.5. The maximum Gasteiger partial charge on any atom is 0.231 e. The third kappa shape index (κ3) is 3.79. The average molecular weight is 425 g/mol. The van der Waals surface area contributed by atoms with E-state index in [1.165, 1.54) is 11.8 Å². The molecule has 0 radical (unpaired) electrons. The molecule has 4 heterocycles. The van der Waals surface area contributed by atoms with E-state index in [0.29, 0.717) is 12.3 Å². The van der Waals surface area contributed by atoms with Gasteiger partial charge >= 0.3 is 0 Å². The Balaban J connectivity index is 1.23. The van der Waals surface area contributed by atoms with Crippen LogP contribution in [0.25, 0.3) is 16.1 Å². The first-order valence-electron chi connectivity index (χ1n) is 8.92. The van der Waals surface area contributed by atoms with Gasteiger partial charge in [-0.3, -0.25) is 4.79 Å². The standard InChI is InChI=1S/C20H16N4O3S2/c25-19(22-10-13-3-4-16-17(8-13)27-12-26-16)11-29-20-15-9-14(18-2-1-7-28-18)23-24(15)6-5-21-20/h1-9H,10-12H2,(H,22,25). The van der Waals surface area contributed by atoms with Crippen molar-refractivity contribution in [3.05, 3.63) is 59.7 Å². The number of hydrogen-bond acceptors (Lipinski definition) is 7. The second-order valence-electron chi connectivity index (χ2n) is 6.32. The zero-order valence-corrected chi connectivity index (χ0v) is 16.8. The molecule has 3 aromatic heterocycles. The molecule has 0 aliphatic carbocycles. The molecule has 9 heteroatoms. The minimum atomic E-state index is -0.0607. The maximum atomic E-state index is 12.3. The van der Waals surface area contributed by atoms with Crippen molar-refractivity contribution < 1.29 is 14.3 Å². The van der Waals surface area contributed by atoms with Crippen LogP contribution in [0.5, 0.6) is 11.5 Å². The molecule has 4 aromatic rings. The number of rotatable bonds is 6. The molecule has 0 saturated carbocycles. The second kappa shape index (κ2) is 7.76. The summed E-state index contributed by atoms with van der Waals surface area (Å²) in [5.41, 5.74) is 2.76. The Morgan fingerprint density at radius 2 is 2.17 bits per heavy atom.